The largest absolute Gasteiger partial charge is 0.488 e. The molecule has 0 aromatic heterocycles. The van der Waals surface area contributed by atoms with E-state index in [1.54, 1.807) is 6.07 Å². The maximum absolute atomic E-state index is 13.9. The second-order valence-corrected chi connectivity index (χ2v) is 8.72. The van der Waals surface area contributed by atoms with E-state index in [9.17, 15) is 4.39 Å². The Morgan fingerprint density at radius 3 is 2.53 bits per heavy atom. The van der Waals surface area contributed by atoms with E-state index in [-0.39, 0.29) is 11.9 Å². The first-order chi connectivity index (χ1) is 15.7. The summed E-state index contributed by atoms with van der Waals surface area (Å²) in [7, 11) is 0. The summed E-state index contributed by atoms with van der Waals surface area (Å²) >= 11 is 0. The molecule has 3 aromatic rings. The molecule has 164 valence electrons. The third kappa shape index (κ3) is 4.47. The summed E-state index contributed by atoms with van der Waals surface area (Å²) in [6.07, 6.45) is 4.46. The maximum atomic E-state index is 13.9. The molecule has 3 aromatic carbocycles. The zero-order valence-electron chi connectivity index (χ0n) is 18.5. The lowest BCUT2D eigenvalue weighted by molar-refractivity contribution is 0.117. The van der Waals surface area contributed by atoms with Gasteiger partial charge >= 0.3 is 0 Å². The van der Waals surface area contributed by atoms with Gasteiger partial charge in [0.1, 0.15) is 18.2 Å². The Hall–Kier alpha value is -2.95. The van der Waals surface area contributed by atoms with Crippen LogP contribution in [0.4, 0.5) is 4.39 Å². The highest BCUT2D eigenvalue weighted by molar-refractivity contribution is 5.50. The van der Waals surface area contributed by atoms with Gasteiger partial charge in [0.2, 0.25) is 0 Å². The van der Waals surface area contributed by atoms with Crippen LogP contribution in [0.3, 0.4) is 0 Å². The van der Waals surface area contributed by atoms with E-state index in [0.717, 1.165) is 38.3 Å². The number of hydrogen-bond acceptors (Lipinski definition) is 3. The molecule has 32 heavy (non-hydrogen) atoms. The van der Waals surface area contributed by atoms with Gasteiger partial charge in [-0.3, -0.25) is 9.80 Å². The van der Waals surface area contributed by atoms with Gasteiger partial charge in [-0.15, -0.1) is 0 Å². The van der Waals surface area contributed by atoms with Gasteiger partial charge < -0.3 is 4.74 Å². The highest BCUT2D eigenvalue weighted by Crippen LogP contribution is 2.40. The van der Waals surface area contributed by atoms with Crippen molar-refractivity contribution in [1.82, 2.24) is 9.80 Å². The van der Waals surface area contributed by atoms with Crippen molar-refractivity contribution in [2.24, 2.45) is 0 Å². The van der Waals surface area contributed by atoms with E-state index >= 15 is 0 Å². The molecule has 0 bridgehead atoms. The van der Waals surface area contributed by atoms with E-state index in [4.69, 9.17) is 4.74 Å². The highest BCUT2D eigenvalue weighted by atomic mass is 19.1. The van der Waals surface area contributed by atoms with E-state index in [1.807, 2.05) is 12.1 Å². The third-order valence-electron chi connectivity index (χ3n) is 6.53. The summed E-state index contributed by atoms with van der Waals surface area (Å²) in [5, 5.41) is 0. The van der Waals surface area contributed by atoms with Crippen molar-refractivity contribution in [3.63, 3.8) is 0 Å². The van der Waals surface area contributed by atoms with Crippen LogP contribution in [0.1, 0.15) is 33.9 Å². The number of rotatable bonds is 4. The molecule has 0 amide bonds. The zero-order valence-corrected chi connectivity index (χ0v) is 18.5. The standard InChI is InChI=1S/C28H29FN2O/c1-21-8-10-22(11-9-21)5-4-14-30-15-17-31(18-16-30)28-25-7-3-2-6-23(25)20-32-27-19-24(29)12-13-26(27)28/h2-13,19,28H,14-18,20H2,1H3/b5-4+. The van der Waals surface area contributed by atoms with Gasteiger partial charge in [-0.05, 0) is 29.7 Å². The first-order valence-corrected chi connectivity index (χ1v) is 11.4. The summed E-state index contributed by atoms with van der Waals surface area (Å²) in [6.45, 7) is 7.49. The fourth-order valence-corrected chi connectivity index (χ4v) is 4.73. The lowest BCUT2D eigenvalue weighted by Gasteiger charge is -2.39. The van der Waals surface area contributed by atoms with Gasteiger partial charge in [-0.2, -0.15) is 0 Å². The Balaban J connectivity index is 1.30. The summed E-state index contributed by atoms with van der Waals surface area (Å²) in [5.41, 5.74) is 6.04. The molecule has 1 atom stereocenters. The predicted molar refractivity (Wildman–Crippen MR) is 127 cm³/mol. The number of piperazine rings is 1. The Morgan fingerprint density at radius 1 is 0.938 bits per heavy atom. The van der Waals surface area contributed by atoms with Crippen molar-refractivity contribution in [2.45, 2.75) is 19.6 Å². The second kappa shape index (κ2) is 9.27. The van der Waals surface area contributed by atoms with E-state index in [1.165, 1.54) is 28.3 Å². The summed E-state index contributed by atoms with van der Waals surface area (Å²) in [6, 6.07) is 22.1. The first-order valence-electron chi connectivity index (χ1n) is 11.4. The average molecular weight is 429 g/mol. The number of hydrogen-bond donors (Lipinski definition) is 0. The van der Waals surface area contributed by atoms with Crippen molar-refractivity contribution in [2.75, 3.05) is 32.7 Å². The summed E-state index contributed by atoms with van der Waals surface area (Å²) in [4.78, 5) is 5.01. The van der Waals surface area contributed by atoms with Crippen molar-refractivity contribution in [3.05, 3.63) is 106 Å². The SMILES string of the molecule is Cc1ccc(/C=C/CN2CCN(C3c4ccccc4COc4cc(F)ccc43)CC2)cc1. The van der Waals surface area contributed by atoms with Gasteiger partial charge in [0.15, 0.2) is 0 Å². The fraction of sp³-hybridized carbons (Fsp3) is 0.286. The van der Waals surface area contributed by atoms with E-state index in [2.05, 4.69) is 71.3 Å². The molecule has 0 radical (unpaired) electrons. The maximum Gasteiger partial charge on any atom is 0.127 e. The second-order valence-electron chi connectivity index (χ2n) is 8.72. The van der Waals surface area contributed by atoms with Crippen LogP contribution in [0.25, 0.3) is 6.08 Å². The minimum absolute atomic E-state index is 0.0922. The molecule has 5 rings (SSSR count). The number of aryl methyl sites for hydroxylation is 1. The molecule has 0 aliphatic carbocycles. The first kappa shape index (κ1) is 20.9. The predicted octanol–water partition coefficient (Wildman–Crippen LogP) is 5.45. The van der Waals surface area contributed by atoms with E-state index < -0.39 is 0 Å². The Morgan fingerprint density at radius 2 is 1.72 bits per heavy atom. The quantitative estimate of drug-likeness (QED) is 0.550. The zero-order chi connectivity index (χ0) is 21.9. The number of benzene rings is 3. The van der Waals surface area contributed by atoms with Gasteiger partial charge in [-0.25, -0.2) is 4.39 Å². The fourth-order valence-electron chi connectivity index (χ4n) is 4.73. The molecular weight excluding hydrogens is 399 g/mol. The minimum atomic E-state index is -0.251. The van der Waals surface area contributed by atoms with Crippen LogP contribution < -0.4 is 4.74 Å². The van der Waals surface area contributed by atoms with Gasteiger partial charge in [0.25, 0.3) is 0 Å². The number of ether oxygens (including phenoxy) is 1. The normalized spacial score (nSPS) is 19.2. The lowest BCUT2D eigenvalue weighted by atomic mass is 9.93. The Bertz CT molecular complexity index is 1100. The highest BCUT2D eigenvalue weighted by Gasteiger charge is 2.31. The number of halogens is 1. The van der Waals surface area contributed by atoms with Crippen LogP contribution in [0.5, 0.6) is 5.75 Å². The molecular formula is C28H29FN2O. The molecule has 4 heteroatoms. The third-order valence-corrected chi connectivity index (χ3v) is 6.53. The molecule has 0 spiro atoms. The topological polar surface area (TPSA) is 15.7 Å². The average Bonchev–Trinajstić information content (AvgIpc) is 2.97. The van der Waals surface area contributed by atoms with Crippen molar-refractivity contribution < 1.29 is 9.13 Å². The van der Waals surface area contributed by atoms with Gasteiger partial charge in [0.05, 0.1) is 6.04 Å². The van der Waals surface area contributed by atoms with Crippen LogP contribution in [0.15, 0.2) is 72.8 Å². The van der Waals surface area contributed by atoms with Crippen molar-refractivity contribution >= 4 is 6.08 Å². The van der Waals surface area contributed by atoms with Gasteiger partial charge in [0, 0.05) is 44.4 Å². The number of nitrogens with zero attached hydrogens (tertiary/aromatic N) is 2. The molecule has 2 aliphatic heterocycles. The monoisotopic (exact) mass is 428 g/mol. The van der Waals surface area contributed by atoms with Crippen LogP contribution >= 0.6 is 0 Å². The molecule has 0 N–H and O–H groups in total. The number of fused-ring (bicyclic) bond motifs is 2. The molecule has 1 saturated heterocycles. The lowest BCUT2D eigenvalue weighted by Crippen LogP contribution is -2.47. The Labute approximate surface area is 189 Å². The van der Waals surface area contributed by atoms with Crippen LogP contribution in [0, 0.1) is 12.7 Å². The molecule has 1 unspecified atom stereocenters. The summed E-state index contributed by atoms with van der Waals surface area (Å²) in [5.74, 6) is 0.410. The van der Waals surface area contributed by atoms with Crippen molar-refractivity contribution in [3.8, 4) is 5.75 Å². The molecule has 3 nitrogen and oxygen atoms in total. The Kier molecular flexibility index (Phi) is 6.06. The summed E-state index contributed by atoms with van der Waals surface area (Å²) < 4.78 is 19.9. The van der Waals surface area contributed by atoms with Crippen molar-refractivity contribution in [1.29, 1.82) is 0 Å². The molecule has 2 heterocycles. The van der Waals surface area contributed by atoms with E-state index in [0.29, 0.717) is 12.4 Å². The minimum Gasteiger partial charge on any atom is -0.488 e. The van der Waals surface area contributed by atoms with Gasteiger partial charge in [-0.1, -0.05) is 72.3 Å². The molecule has 1 fully saturated rings. The molecule has 0 saturated carbocycles. The van der Waals surface area contributed by atoms with Crippen LogP contribution in [0.2, 0.25) is 0 Å². The smallest absolute Gasteiger partial charge is 0.127 e. The molecule has 2 aliphatic rings. The van der Waals surface area contributed by atoms with Crippen LogP contribution in [-0.4, -0.2) is 42.5 Å². The van der Waals surface area contributed by atoms with Crippen LogP contribution in [-0.2, 0) is 6.61 Å².